The Morgan fingerprint density at radius 1 is 1.27 bits per heavy atom. The number of aryl methyl sites for hydroxylation is 1. The van der Waals surface area contributed by atoms with Gasteiger partial charge in [-0.1, -0.05) is 20.8 Å². The maximum atomic E-state index is 4.07. The van der Waals surface area contributed by atoms with Gasteiger partial charge in [0.1, 0.15) is 10.0 Å². The molecule has 1 rings (SSSR count). The highest BCUT2D eigenvalue weighted by Crippen LogP contribution is 2.22. The van der Waals surface area contributed by atoms with E-state index in [-0.39, 0.29) is 0 Å². The summed E-state index contributed by atoms with van der Waals surface area (Å²) < 4.78 is 0. The summed E-state index contributed by atoms with van der Waals surface area (Å²) in [5.74, 6) is 0. The number of aromatic nitrogens is 2. The molecular weight excluding hydrogens is 156 g/mol. The summed E-state index contributed by atoms with van der Waals surface area (Å²) in [6.45, 7) is 8.63. The van der Waals surface area contributed by atoms with Gasteiger partial charge >= 0.3 is 0 Å². The Labute approximate surface area is 71.7 Å². The Balaban J connectivity index is 2.65. The van der Waals surface area contributed by atoms with Gasteiger partial charge in [0.25, 0.3) is 0 Å². The molecule has 0 aliphatic heterocycles. The van der Waals surface area contributed by atoms with E-state index in [1.54, 1.807) is 11.3 Å². The molecule has 0 fully saturated rings. The van der Waals surface area contributed by atoms with Gasteiger partial charge in [-0.2, -0.15) is 0 Å². The van der Waals surface area contributed by atoms with Crippen LogP contribution < -0.4 is 0 Å². The lowest BCUT2D eigenvalue weighted by molar-refractivity contribution is 0.409. The van der Waals surface area contributed by atoms with Gasteiger partial charge in [-0.3, -0.25) is 0 Å². The lowest BCUT2D eigenvalue weighted by Gasteiger charge is -2.14. The molecule has 0 spiro atoms. The van der Waals surface area contributed by atoms with Crippen LogP contribution in [-0.2, 0) is 6.42 Å². The zero-order valence-electron chi connectivity index (χ0n) is 7.51. The summed E-state index contributed by atoms with van der Waals surface area (Å²) in [6.07, 6.45) is 1.03. The van der Waals surface area contributed by atoms with Crippen LogP contribution in [0.2, 0.25) is 0 Å². The van der Waals surface area contributed by atoms with Crippen molar-refractivity contribution in [1.82, 2.24) is 10.2 Å². The maximum absolute atomic E-state index is 4.07. The molecule has 0 saturated carbocycles. The van der Waals surface area contributed by atoms with Crippen LogP contribution in [0.4, 0.5) is 0 Å². The van der Waals surface area contributed by atoms with Crippen LogP contribution in [-0.4, -0.2) is 10.2 Å². The third kappa shape index (κ3) is 2.97. The van der Waals surface area contributed by atoms with Crippen molar-refractivity contribution in [3.05, 3.63) is 10.0 Å². The summed E-state index contributed by atoms with van der Waals surface area (Å²) in [6, 6.07) is 0. The van der Waals surface area contributed by atoms with E-state index < -0.39 is 0 Å². The van der Waals surface area contributed by atoms with E-state index in [2.05, 4.69) is 31.0 Å². The molecule has 1 heterocycles. The van der Waals surface area contributed by atoms with E-state index >= 15 is 0 Å². The van der Waals surface area contributed by atoms with Crippen molar-refractivity contribution >= 4 is 11.3 Å². The van der Waals surface area contributed by atoms with Crippen LogP contribution in [0, 0.1) is 12.3 Å². The Bertz CT molecular complexity index is 234. The standard InChI is InChI=1S/C8H14N2S/c1-6-9-10-7(11-6)5-8(2,3)4/h5H2,1-4H3. The van der Waals surface area contributed by atoms with E-state index in [1.807, 2.05) is 6.92 Å². The largest absolute Gasteiger partial charge is 0.144 e. The highest BCUT2D eigenvalue weighted by Gasteiger charge is 2.13. The van der Waals surface area contributed by atoms with E-state index in [1.165, 1.54) is 0 Å². The number of hydrogen-bond acceptors (Lipinski definition) is 3. The summed E-state index contributed by atoms with van der Waals surface area (Å²) in [5, 5.41) is 10.2. The molecule has 0 atom stereocenters. The number of nitrogens with zero attached hydrogens (tertiary/aromatic N) is 2. The van der Waals surface area contributed by atoms with Crippen molar-refractivity contribution < 1.29 is 0 Å². The normalized spacial score (nSPS) is 12.0. The molecule has 62 valence electrons. The van der Waals surface area contributed by atoms with Crippen LogP contribution in [0.25, 0.3) is 0 Å². The Morgan fingerprint density at radius 2 is 1.91 bits per heavy atom. The van der Waals surface area contributed by atoms with E-state index in [4.69, 9.17) is 0 Å². The van der Waals surface area contributed by atoms with Gasteiger partial charge < -0.3 is 0 Å². The monoisotopic (exact) mass is 170 g/mol. The molecule has 0 unspecified atom stereocenters. The molecular formula is C8H14N2S. The minimum atomic E-state index is 0.325. The first-order valence-corrected chi connectivity index (χ1v) is 4.58. The van der Waals surface area contributed by atoms with Crippen molar-refractivity contribution in [2.45, 2.75) is 34.1 Å². The molecule has 2 nitrogen and oxygen atoms in total. The average Bonchev–Trinajstić information content (AvgIpc) is 2.10. The van der Waals surface area contributed by atoms with Gasteiger partial charge in [-0.15, -0.1) is 21.5 Å². The third-order valence-corrected chi connectivity index (χ3v) is 2.09. The second-order valence-electron chi connectivity index (χ2n) is 3.95. The van der Waals surface area contributed by atoms with Crippen molar-refractivity contribution in [2.75, 3.05) is 0 Å². The predicted molar refractivity (Wildman–Crippen MR) is 47.8 cm³/mol. The lowest BCUT2D eigenvalue weighted by atomic mass is 9.93. The smallest absolute Gasteiger partial charge is 0.117 e. The lowest BCUT2D eigenvalue weighted by Crippen LogP contribution is -2.08. The molecule has 3 heteroatoms. The fraction of sp³-hybridized carbons (Fsp3) is 0.750. The van der Waals surface area contributed by atoms with E-state index in [0.717, 1.165) is 16.4 Å². The van der Waals surface area contributed by atoms with E-state index in [9.17, 15) is 0 Å². The van der Waals surface area contributed by atoms with Crippen molar-refractivity contribution in [3.8, 4) is 0 Å². The first-order chi connectivity index (χ1) is 4.97. The second-order valence-corrected chi connectivity index (χ2v) is 5.22. The molecule has 1 aromatic heterocycles. The molecule has 11 heavy (non-hydrogen) atoms. The zero-order valence-corrected chi connectivity index (χ0v) is 8.33. The van der Waals surface area contributed by atoms with Crippen LogP contribution in [0.3, 0.4) is 0 Å². The minimum Gasteiger partial charge on any atom is -0.144 e. The Morgan fingerprint density at radius 3 is 2.27 bits per heavy atom. The average molecular weight is 170 g/mol. The topological polar surface area (TPSA) is 25.8 Å². The third-order valence-electron chi connectivity index (χ3n) is 1.25. The van der Waals surface area contributed by atoms with E-state index in [0.29, 0.717) is 5.41 Å². The highest BCUT2D eigenvalue weighted by molar-refractivity contribution is 7.11. The molecule has 0 aliphatic rings. The summed E-state index contributed by atoms with van der Waals surface area (Å²) in [4.78, 5) is 0. The SMILES string of the molecule is Cc1nnc(CC(C)(C)C)s1. The Kier molecular flexibility index (Phi) is 2.28. The second kappa shape index (κ2) is 2.89. The van der Waals surface area contributed by atoms with Gasteiger partial charge in [0.05, 0.1) is 0 Å². The molecule has 0 saturated heterocycles. The van der Waals surface area contributed by atoms with Crippen molar-refractivity contribution in [1.29, 1.82) is 0 Å². The quantitative estimate of drug-likeness (QED) is 0.647. The number of hydrogen-bond donors (Lipinski definition) is 0. The summed E-state index contributed by atoms with van der Waals surface area (Å²) in [5.41, 5.74) is 0.325. The molecule has 0 radical (unpaired) electrons. The summed E-state index contributed by atoms with van der Waals surface area (Å²) in [7, 11) is 0. The van der Waals surface area contributed by atoms with Gasteiger partial charge in [0, 0.05) is 6.42 Å². The molecule has 0 bridgehead atoms. The Hall–Kier alpha value is -0.440. The van der Waals surface area contributed by atoms with Gasteiger partial charge in [-0.25, -0.2) is 0 Å². The molecule has 0 N–H and O–H groups in total. The minimum absolute atomic E-state index is 0.325. The van der Waals surface area contributed by atoms with Crippen LogP contribution >= 0.6 is 11.3 Å². The summed E-state index contributed by atoms with van der Waals surface area (Å²) >= 11 is 1.69. The molecule has 0 aliphatic carbocycles. The molecule has 1 aromatic rings. The van der Waals surface area contributed by atoms with Crippen LogP contribution in [0.5, 0.6) is 0 Å². The maximum Gasteiger partial charge on any atom is 0.117 e. The molecule has 0 aromatic carbocycles. The van der Waals surface area contributed by atoms with Crippen LogP contribution in [0.1, 0.15) is 30.8 Å². The predicted octanol–water partition coefficient (Wildman–Crippen LogP) is 2.44. The molecule has 0 amide bonds. The fourth-order valence-corrected chi connectivity index (χ4v) is 1.87. The number of rotatable bonds is 1. The fourth-order valence-electron chi connectivity index (χ4n) is 0.863. The van der Waals surface area contributed by atoms with Crippen molar-refractivity contribution in [3.63, 3.8) is 0 Å². The zero-order chi connectivity index (χ0) is 8.48. The highest BCUT2D eigenvalue weighted by atomic mass is 32.1. The first-order valence-electron chi connectivity index (χ1n) is 3.76. The van der Waals surface area contributed by atoms with Crippen LogP contribution in [0.15, 0.2) is 0 Å². The van der Waals surface area contributed by atoms with Crippen molar-refractivity contribution in [2.24, 2.45) is 5.41 Å². The van der Waals surface area contributed by atoms with Gasteiger partial charge in [0.2, 0.25) is 0 Å². The first kappa shape index (κ1) is 8.65. The van der Waals surface area contributed by atoms with Gasteiger partial charge in [0.15, 0.2) is 0 Å². The van der Waals surface area contributed by atoms with Gasteiger partial charge in [-0.05, 0) is 12.3 Å².